The van der Waals surface area contributed by atoms with Crippen LogP contribution >= 0.6 is 11.6 Å². The van der Waals surface area contributed by atoms with E-state index in [9.17, 15) is 23.6 Å². The van der Waals surface area contributed by atoms with Gasteiger partial charge < -0.3 is 16.0 Å². The lowest BCUT2D eigenvalue weighted by atomic mass is 9.88. The number of para-hydroxylation sites is 2. The van der Waals surface area contributed by atoms with Crippen molar-refractivity contribution in [1.82, 2.24) is 25.7 Å². The molecule has 2 aromatic rings. The number of benzene rings is 1. The normalized spacial score (nSPS) is 13.3. The van der Waals surface area contributed by atoms with Crippen LogP contribution in [0.4, 0.5) is 4.39 Å². The molecule has 4 amide bonds. The van der Waals surface area contributed by atoms with E-state index in [4.69, 9.17) is 17.3 Å². The largest absolute Gasteiger partial charge is 0.370 e. The van der Waals surface area contributed by atoms with E-state index in [1.54, 1.807) is 24.3 Å². The monoisotopic (exact) mass is 468 g/mol. The molecule has 0 radical (unpaired) electrons. The SMILES string of the molecule is CC(C)(C)CC(NC(=O)c1nc2ccccc2[nH]1)C(=O)NN(CCC(N)=O)C(=O)C(F)Cl. The number of imidazole rings is 1. The lowest BCUT2D eigenvalue weighted by molar-refractivity contribution is -0.144. The van der Waals surface area contributed by atoms with E-state index < -0.39 is 40.7 Å². The number of aromatic nitrogens is 2. The lowest BCUT2D eigenvalue weighted by Gasteiger charge is -2.29. The Bertz CT molecular complexity index is 970. The van der Waals surface area contributed by atoms with Crippen LogP contribution in [0.15, 0.2) is 24.3 Å². The molecule has 10 nitrogen and oxygen atoms in total. The Kier molecular flexibility index (Phi) is 8.14. The van der Waals surface area contributed by atoms with Crippen LogP contribution in [0.1, 0.15) is 44.2 Å². The molecule has 1 heterocycles. The number of nitrogens with two attached hydrogens (primary N) is 1. The second kappa shape index (κ2) is 10.4. The van der Waals surface area contributed by atoms with Crippen molar-refractivity contribution in [3.63, 3.8) is 0 Å². The first-order valence-electron chi connectivity index (χ1n) is 9.81. The first kappa shape index (κ1) is 25.1. The minimum atomic E-state index is -2.44. The molecule has 5 N–H and O–H groups in total. The van der Waals surface area contributed by atoms with Gasteiger partial charge in [-0.1, -0.05) is 44.5 Å². The molecule has 2 rings (SSSR count). The lowest BCUT2D eigenvalue weighted by Crippen LogP contribution is -2.56. The van der Waals surface area contributed by atoms with Gasteiger partial charge in [0.15, 0.2) is 5.82 Å². The molecular formula is C20H26ClFN6O4. The Hall–Kier alpha value is -3.21. The van der Waals surface area contributed by atoms with Crippen LogP contribution in [0.25, 0.3) is 11.0 Å². The van der Waals surface area contributed by atoms with Gasteiger partial charge in [0.25, 0.3) is 23.4 Å². The van der Waals surface area contributed by atoms with Gasteiger partial charge in [-0.05, 0) is 24.0 Å². The summed E-state index contributed by atoms with van der Waals surface area (Å²) in [5.41, 5.74) is 5.68. The zero-order chi connectivity index (χ0) is 24.1. The third-order valence-electron chi connectivity index (χ3n) is 4.32. The van der Waals surface area contributed by atoms with Crippen molar-refractivity contribution in [3.05, 3.63) is 30.1 Å². The summed E-state index contributed by atoms with van der Waals surface area (Å²) >= 11 is 5.20. The number of rotatable bonds is 8. The van der Waals surface area contributed by atoms with Crippen LogP contribution in [0.3, 0.4) is 0 Å². The molecule has 12 heteroatoms. The van der Waals surface area contributed by atoms with Crippen LogP contribution in [0.2, 0.25) is 0 Å². The molecule has 0 spiro atoms. The van der Waals surface area contributed by atoms with Crippen molar-refractivity contribution in [2.75, 3.05) is 6.54 Å². The van der Waals surface area contributed by atoms with E-state index in [1.165, 1.54) is 0 Å². The topological polar surface area (TPSA) is 150 Å². The van der Waals surface area contributed by atoms with Crippen molar-refractivity contribution in [2.45, 2.75) is 45.3 Å². The fourth-order valence-electron chi connectivity index (χ4n) is 2.88. The zero-order valence-electron chi connectivity index (χ0n) is 17.9. The molecule has 2 atom stereocenters. The van der Waals surface area contributed by atoms with E-state index in [2.05, 4.69) is 20.7 Å². The number of hydrogen-bond donors (Lipinski definition) is 4. The standard InChI is InChI=1S/C20H26ClFN6O4/c1-20(2,3)10-13(17(30)27-28(9-8-14(23)29)19(32)15(21)22)26-18(31)16-24-11-6-4-5-7-12(11)25-16/h4-7,13,15H,8-10H2,1-3H3,(H2,23,29)(H,24,25)(H,26,31)(H,27,30). The number of primary amides is 1. The maximum absolute atomic E-state index is 13.3. The average molecular weight is 469 g/mol. The summed E-state index contributed by atoms with van der Waals surface area (Å²) in [4.78, 5) is 55.8. The Morgan fingerprint density at radius 1 is 1.25 bits per heavy atom. The molecule has 0 aliphatic carbocycles. The molecule has 0 aliphatic rings. The Morgan fingerprint density at radius 2 is 1.91 bits per heavy atom. The smallest absolute Gasteiger partial charge is 0.291 e. The number of hydrazine groups is 1. The number of nitrogens with zero attached hydrogens (tertiary/aromatic N) is 2. The molecule has 1 aromatic carbocycles. The van der Waals surface area contributed by atoms with Crippen LogP contribution in [-0.2, 0) is 14.4 Å². The number of carbonyl (C=O) groups excluding carboxylic acids is 4. The number of nitrogens with one attached hydrogen (secondary N) is 3. The quantitative estimate of drug-likeness (QED) is 0.341. The summed E-state index contributed by atoms with van der Waals surface area (Å²) in [5, 5.41) is 3.17. The summed E-state index contributed by atoms with van der Waals surface area (Å²) < 4.78 is 13.3. The van der Waals surface area contributed by atoms with Crippen molar-refractivity contribution in [2.24, 2.45) is 11.1 Å². The van der Waals surface area contributed by atoms with Crippen molar-refractivity contribution in [1.29, 1.82) is 0 Å². The van der Waals surface area contributed by atoms with Gasteiger partial charge in [-0.15, -0.1) is 0 Å². The average Bonchev–Trinajstić information content (AvgIpc) is 3.13. The van der Waals surface area contributed by atoms with Crippen LogP contribution in [0.5, 0.6) is 0 Å². The third kappa shape index (κ3) is 7.19. The minimum Gasteiger partial charge on any atom is -0.370 e. The second-order valence-electron chi connectivity index (χ2n) is 8.38. The van der Waals surface area contributed by atoms with Crippen LogP contribution in [0, 0.1) is 5.41 Å². The van der Waals surface area contributed by atoms with E-state index in [0.29, 0.717) is 16.0 Å². The highest BCUT2D eigenvalue weighted by molar-refractivity contribution is 6.29. The molecular weight excluding hydrogens is 443 g/mol. The van der Waals surface area contributed by atoms with Gasteiger partial charge >= 0.3 is 0 Å². The molecule has 174 valence electrons. The molecule has 32 heavy (non-hydrogen) atoms. The predicted molar refractivity (Wildman–Crippen MR) is 116 cm³/mol. The van der Waals surface area contributed by atoms with Crippen LogP contribution in [-0.4, -0.2) is 56.8 Å². The number of amides is 4. The number of H-pyrrole nitrogens is 1. The van der Waals surface area contributed by atoms with Gasteiger partial charge in [-0.25, -0.2) is 14.4 Å². The first-order valence-corrected chi connectivity index (χ1v) is 10.2. The van der Waals surface area contributed by atoms with Gasteiger partial charge in [0.2, 0.25) is 5.91 Å². The molecule has 0 saturated heterocycles. The highest BCUT2D eigenvalue weighted by Gasteiger charge is 2.31. The number of aromatic amines is 1. The number of fused-ring (bicyclic) bond motifs is 1. The maximum atomic E-state index is 13.3. The summed E-state index contributed by atoms with van der Waals surface area (Å²) in [6, 6.07) is 5.93. The second-order valence-corrected chi connectivity index (χ2v) is 8.76. The molecule has 2 unspecified atom stereocenters. The van der Waals surface area contributed by atoms with E-state index in [0.717, 1.165) is 0 Å². The summed E-state index contributed by atoms with van der Waals surface area (Å²) in [5.74, 6) is -3.45. The number of carbonyl (C=O) groups is 4. The number of alkyl halides is 2. The van der Waals surface area contributed by atoms with Gasteiger partial charge in [-0.2, -0.15) is 0 Å². The zero-order valence-corrected chi connectivity index (χ0v) is 18.7. The Morgan fingerprint density at radius 3 is 2.47 bits per heavy atom. The fraction of sp³-hybridized carbons (Fsp3) is 0.450. The predicted octanol–water partition coefficient (Wildman–Crippen LogP) is 1.37. The van der Waals surface area contributed by atoms with Crippen LogP contribution < -0.4 is 16.5 Å². The molecule has 0 fully saturated rings. The van der Waals surface area contributed by atoms with Gasteiger partial charge in [0.1, 0.15) is 6.04 Å². The highest BCUT2D eigenvalue weighted by atomic mass is 35.5. The third-order valence-corrected chi connectivity index (χ3v) is 4.51. The van der Waals surface area contributed by atoms with E-state index in [-0.39, 0.29) is 25.2 Å². The molecule has 0 bridgehead atoms. The molecule has 0 aliphatic heterocycles. The van der Waals surface area contributed by atoms with Crippen molar-refractivity contribution in [3.8, 4) is 0 Å². The van der Waals surface area contributed by atoms with Crippen molar-refractivity contribution < 1.29 is 23.6 Å². The Labute approximate surface area is 189 Å². The van der Waals surface area contributed by atoms with Gasteiger partial charge in [0.05, 0.1) is 17.6 Å². The summed E-state index contributed by atoms with van der Waals surface area (Å²) in [6.07, 6.45) is -0.145. The van der Waals surface area contributed by atoms with E-state index >= 15 is 0 Å². The summed E-state index contributed by atoms with van der Waals surface area (Å²) in [6.45, 7) is 5.18. The van der Waals surface area contributed by atoms with E-state index in [1.807, 2.05) is 20.8 Å². The molecule has 0 saturated carbocycles. The molecule has 1 aromatic heterocycles. The van der Waals surface area contributed by atoms with Gasteiger partial charge in [0, 0.05) is 6.42 Å². The fourth-order valence-corrected chi connectivity index (χ4v) is 3.00. The van der Waals surface area contributed by atoms with Crippen molar-refractivity contribution >= 4 is 46.3 Å². The summed E-state index contributed by atoms with van der Waals surface area (Å²) in [7, 11) is 0. The number of hydrogen-bond acceptors (Lipinski definition) is 5. The first-order chi connectivity index (χ1) is 14.9. The number of halogens is 2. The van der Waals surface area contributed by atoms with Gasteiger partial charge in [-0.3, -0.25) is 24.6 Å². The highest BCUT2D eigenvalue weighted by Crippen LogP contribution is 2.21. The Balaban J connectivity index is 2.21. The maximum Gasteiger partial charge on any atom is 0.291 e. The minimum absolute atomic E-state index is 0.00384.